The Morgan fingerprint density at radius 1 is 1.29 bits per heavy atom. The Morgan fingerprint density at radius 3 is 2.71 bits per heavy atom. The van der Waals surface area contributed by atoms with Gasteiger partial charge in [-0.05, 0) is 25.1 Å². The van der Waals surface area contributed by atoms with E-state index >= 15 is 0 Å². The second-order valence-corrected chi connectivity index (χ2v) is 3.49. The summed E-state index contributed by atoms with van der Waals surface area (Å²) in [7, 11) is 1.94. The largest absolute Gasteiger partial charge is 0.399 e. The Kier molecular flexibility index (Phi) is 1.81. The molecule has 0 aliphatic carbocycles. The average Bonchev–Trinajstić information content (AvgIpc) is 2.14. The number of anilines is 1. The van der Waals surface area contributed by atoms with Crippen LogP contribution in [0.3, 0.4) is 0 Å². The van der Waals surface area contributed by atoms with Gasteiger partial charge in [0.15, 0.2) is 5.43 Å². The van der Waals surface area contributed by atoms with Crippen LogP contribution in [0.4, 0.5) is 5.69 Å². The van der Waals surface area contributed by atoms with Gasteiger partial charge in [0.2, 0.25) is 0 Å². The van der Waals surface area contributed by atoms with E-state index in [1.807, 2.05) is 24.6 Å². The molecule has 14 heavy (non-hydrogen) atoms. The molecule has 1 heterocycles. The van der Waals surface area contributed by atoms with Crippen molar-refractivity contribution in [3.05, 3.63) is 40.2 Å². The number of pyridine rings is 1. The smallest absolute Gasteiger partial charge is 0.189 e. The number of nitrogen functional groups attached to an aromatic ring is 1. The molecule has 2 N–H and O–H groups in total. The molecule has 0 spiro atoms. The molecule has 2 rings (SSSR count). The Bertz CT molecular complexity index is 555. The van der Waals surface area contributed by atoms with E-state index in [0.717, 1.165) is 11.2 Å². The number of nitrogens with zero attached hydrogens (tertiary/aromatic N) is 1. The number of benzene rings is 1. The first-order valence-electron chi connectivity index (χ1n) is 4.45. The van der Waals surface area contributed by atoms with E-state index in [0.29, 0.717) is 11.1 Å². The molecule has 0 radical (unpaired) electrons. The van der Waals surface area contributed by atoms with Gasteiger partial charge in [-0.25, -0.2) is 0 Å². The normalized spacial score (nSPS) is 10.7. The van der Waals surface area contributed by atoms with Crippen LogP contribution in [0.2, 0.25) is 0 Å². The first kappa shape index (κ1) is 8.81. The zero-order chi connectivity index (χ0) is 10.3. The summed E-state index contributed by atoms with van der Waals surface area (Å²) >= 11 is 0. The number of aryl methyl sites for hydroxylation is 2. The van der Waals surface area contributed by atoms with Crippen molar-refractivity contribution in [1.82, 2.24) is 4.57 Å². The molecule has 72 valence electrons. The first-order chi connectivity index (χ1) is 6.59. The molecular weight excluding hydrogens is 176 g/mol. The third-order valence-corrected chi connectivity index (χ3v) is 2.52. The molecule has 0 aliphatic rings. The van der Waals surface area contributed by atoms with Gasteiger partial charge in [-0.15, -0.1) is 0 Å². The van der Waals surface area contributed by atoms with E-state index in [-0.39, 0.29) is 5.43 Å². The molecule has 0 saturated carbocycles. The summed E-state index contributed by atoms with van der Waals surface area (Å²) in [5, 5.41) is 0.679. The second kappa shape index (κ2) is 2.87. The second-order valence-electron chi connectivity index (χ2n) is 3.49. The summed E-state index contributed by atoms with van der Waals surface area (Å²) in [5.41, 5.74) is 8.16. The van der Waals surface area contributed by atoms with E-state index in [1.165, 1.54) is 0 Å². The molecule has 0 atom stereocenters. The van der Waals surface area contributed by atoms with E-state index in [9.17, 15) is 4.79 Å². The van der Waals surface area contributed by atoms with Gasteiger partial charge < -0.3 is 10.3 Å². The fourth-order valence-corrected chi connectivity index (χ4v) is 1.60. The number of rotatable bonds is 0. The van der Waals surface area contributed by atoms with Crippen LogP contribution < -0.4 is 11.2 Å². The third-order valence-electron chi connectivity index (χ3n) is 2.52. The topological polar surface area (TPSA) is 48.0 Å². The van der Waals surface area contributed by atoms with E-state index in [1.54, 1.807) is 18.2 Å². The summed E-state index contributed by atoms with van der Waals surface area (Å²) in [6.07, 6.45) is 0. The Morgan fingerprint density at radius 2 is 2.00 bits per heavy atom. The lowest BCUT2D eigenvalue weighted by atomic mass is 10.1. The van der Waals surface area contributed by atoms with Crippen molar-refractivity contribution >= 4 is 16.6 Å². The minimum atomic E-state index is 0.0305. The lowest BCUT2D eigenvalue weighted by Crippen LogP contribution is -2.09. The molecule has 0 unspecified atom stereocenters. The van der Waals surface area contributed by atoms with Gasteiger partial charge in [0, 0.05) is 29.9 Å². The molecular formula is C11H12N2O. The maximum atomic E-state index is 11.6. The molecule has 3 heteroatoms. The van der Waals surface area contributed by atoms with Gasteiger partial charge in [-0.1, -0.05) is 0 Å². The summed E-state index contributed by atoms with van der Waals surface area (Å²) in [6.45, 7) is 1.91. The molecule has 3 nitrogen and oxygen atoms in total. The van der Waals surface area contributed by atoms with E-state index in [4.69, 9.17) is 5.73 Å². The van der Waals surface area contributed by atoms with Crippen LogP contribution in [0.5, 0.6) is 0 Å². The van der Waals surface area contributed by atoms with Crippen molar-refractivity contribution in [2.75, 3.05) is 5.73 Å². The highest BCUT2D eigenvalue weighted by Gasteiger charge is 2.03. The predicted molar refractivity (Wildman–Crippen MR) is 58.3 cm³/mol. The maximum absolute atomic E-state index is 11.6. The summed E-state index contributed by atoms with van der Waals surface area (Å²) < 4.78 is 1.98. The molecule has 1 aromatic heterocycles. The van der Waals surface area contributed by atoms with Crippen molar-refractivity contribution in [2.24, 2.45) is 7.05 Å². The number of hydrogen-bond donors (Lipinski definition) is 1. The van der Waals surface area contributed by atoms with Crippen molar-refractivity contribution in [2.45, 2.75) is 6.92 Å². The highest BCUT2D eigenvalue weighted by Crippen LogP contribution is 2.14. The van der Waals surface area contributed by atoms with Crippen LogP contribution in [-0.4, -0.2) is 4.57 Å². The van der Waals surface area contributed by atoms with Crippen molar-refractivity contribution in [1.29, 1.82) is 0 Å². The highest BCUT2D eigenvalue weighted by molar-refractivity contribution is 5.82. The quantitative estimate of drug-likeness (QED) is 0.636. The molecule has 0 aliphatic heterocycles. The zero-order valence-electron chi connectivity index (χ0n) is 8.24. The monoisotopic (exact) mass is 188 g/mol. The van der Waals surface area contributed by atoms with Gasteiger partial charge in [-0.3, -0.25) is 4.79 Å². The molecule has 1 aromatic carbocycles. The number of aromatic nitrogens is 1. The van der Waals surface area contributed by atoms with Crippen molar-refractivity contribution in [3.63, 3.8) is 0 Å². The van der Waals surface area contributed by atoms with Gasteiger partial charge in [0.1, 0.15) is 0 Å². The Labute approximate surface area is 81.8 Å². The third kappa shape index (κ3) is 1.18. The van der Waals surface area contributed by atoms with Gasteiger partial charge in [-0.2, -0.15) is 0 Å². The van der Waals surface area contributed by atoms with Gasteiger partial charge in [0.25, 0.3) is 0 Å². The van der Waals surface area contributed by atoms with Gasteiger partial charge in [0.05, 0.1) is 5.52 Å². The SMILES string of the molecule is Cc1cc(=O)c2cc(N)ccc2n1C. The molecule has 0 amide bonds. The summed E-state index contributed by atoms with van der Waals surface area (Å²) in [5.74, 6) is 0. The maximum Gasteiger partial charge on any atom is 0.189 e. The van der Waals surface area contributed by atoms with E-state index < -0.39 is 0 Å². The Balaban J connectivity index is 3.02. The number of nitrogens with two attached hydrogens (primary N) is 1. The lowest BCUT2D eigenvalue weighted by molar-refractivity contribution is 0.898. The fraction of sp³-hybridized carbons (Fsp3) is 0.182. The fourth-order valence-electron chi connectivity index (χ4n) is 1.60. The van der Waals surface area contributed by atoms with Crippen molar-refractivity contribution in [3.8, 4) is 0 Å². The highest BCUT2D eigenvalue weighted by atomic mass is 16.1. The lowest BCUT2D eigenvalue weighted by Gasteiger charge is -2.08. The predicted octanol–water partition coefficient (Wildman–Crippen LogP) is 1.43. The van der Waals surface area contributed by atoms with Crippen LogP contribution in [0.1, 0.15) is 5.69 Å². The number of fused-ring (bicyclic) bond motifs is 1. The number of hydrogen-bond acceptors (Lipinski definition) is 2. The van der Waals surface area contributed by atoms with E-state index in [2.05, 4.69) is 0 Å². The molecule has 0 saturated heterocycles. The van der Waals surface area contributed by atoms with Crippen LogP contribution in [-0.2, 0) is 7.05 Å². The minimum Gasteiger partial charge on any atom is -0.399 e. The average molecular weight is 188 g/mol. The first-order valence-corrected chi connectivity index (χ1v) is 4.45. The Hall–Kier alpha value is -1.77. The van der Waals surface area contributed by atoms with Crippen LogP contribution in [0.25, 0.3) is 10.9 Å². The molecule has 2 aromatic rings. The van der Waals surface area contributed by atoms with Crippen molar-refractivity contribution < 1.29 is 0 Å². The van der Waals surface area contributed by atoms with Crippen LogP contribution >= 0.6 is 0 Å². The van der Waals surface area contributed by atoms with Gasteiger partial charge >= 0.3 is 0 Å². The molecule has 0 bridgehead atoms. The standard InChI is InChI=1S/C11H12N2O/c1-7-5-11(14)9-6-8(12)3-4-10(9)13(7)2/h3-6H,12H2,1-2H3. The summed E-state index contributed by atoms with van der Waals surface area (Å²) in [6, 6.07) is 7.03. The summed E-state index contributed by atoms with van der Waals surface area (Å²) in [4.78, 5) is 11.6. The minimum absolute atomic E-state index is 0.0305. The zero-order valence-corrected chi connectivity index (χ0v) is 8.24. The van der Waals surface area contributed by atoms with Crippen LogP contribution in [0, 0.1) is 6.92 Å². The molecule has 0 fully saturated rings. The van der Waals surface area contributed by atoms with Crippen LogP contribution in [0.15, 0.2) is 29.1 Å².